The zero-order valence-electron chi connectivity index (χ0n) is 11.9. The molecule has 2 N–H and O–H groups in total. The molecule has 0 spiro atoms. The number of ether oxygens (including phenoxy) is 1. The summed E-state index contributed by atoms with van der Waals surface area (Å²) in [6, 6.07) is -0.522. The SMILES string of the molecule is CCOC(=O)CCCc1sc(N)nc1C1=NC(=O)N=C1C. The zero-order chi connectivity index (χ0) is 15.4. The fraction of sp³-hybridized carbons (Fsp3) is 0.462. The molecule has 0 radical (unpaired) electrons. The van der Waals surface area contributed by atoms with E-state index in [2.05, 4.69) is 15.0 Å². The first kappa shape index (κ1) is 15.3. The van der Waals surface area contributed by atoms with Crippen molar-refractivity contribution in [2.24, 2.45) is 9.98 Å². The number of urea groups is 1. The van der Waals surface area contributed by atoms with Crippen LogP contribution in [0.5, 0.6) is 0 Å². The second-order valence-corrected chi connectivity index (χ2v) is 5.54. The lowest BCUT2D eigenvalue weighted by Crippen LogP contribution is -2.11. The number of carbonyl (C=O) groups is 2. The van der Waals surface area contributed by atoms with Gasteiger partial charge in [-0.3, -0.25) is 4.79 Å². The molecule has 1 aliphatic rings. The van der Waals surface area contributed by atoms with Crippen LogP contribution in [0.4, 0.5) is 9.93 Å². The highest BCUT2D eigenvalue weighted by Crippen LogP contribution is 2.25. The Hall–Kier alpha value is -2.09. The van der Waals surface area contributed by atoms with E-state index in [0.29, 0.717) is 48.1 Å². The summed E-state index contributed by atoms with van der Waals surface area (Å²) in [5.41, 5.74) is 7.34. The van der Waals surface area contributed by atoms with Crippen molar-refractivity contribution >= 4 is 39.9 Å². The van der Waals surface area contributed by atoms with E-state index in [4.69, 9.17) is 10.5 Å². The molecule has 112 valence electrons. The highest BCUT2D eigenvalue weighted by atomic mass is 32.1. The van der Waals surface area contributed by atoms with Gasteiger partial charge in [0.25, 0.3) is 0 Å². The molecular formula is C13H16N4O3S. The Morgan fingerprint density at radius 1 is 1.38 bits per heavy atom. The third kappa shape index (κ3) is 3.72. The number of nitrogens with zero attached hydrogens (tertiary/aromatic N) is 3. The average Bonchev–Trinajstić information content (AvgIpc) is 2.92. The van der Waals surface area contributed by atoms with Crippen molar-refractivity contribution in [2.75, 3.05) is 12.3 Å². The molecule has 0 atom stereocenters. The average molecular weight is 308 g/mol. The molecule has 0 saturated heterocycles. The second-order valence-electron chi connectivity index (χ2n) is 4.42. The van der Waals surface area contributed by atoms with E-state index in [9.17, 15) is 9.59 Å². The highest BCUT2D eigenvalue weighted by Gasteiger charge is 2.23. The van der Waals surface area contributed by atoms with Crippen LogP contribution in [0.3, 0.4) is 0 Å². The molecule has 0 unspecified atom stereocenters. The van der Waals surface area contributed by atoms with Gasteiger partial charge in [0.2, 0.25) is 0 Å². The minimum atomic E-state index is -0.522. The number of esters is 1. The van der Waals surface area contributed by atoms with Crippen molar-refractivity contribution in [1.82, 2.24) is 4.98 Å². The van der Waals surface area contributed by atoms with Gasteiger partial charge >= 0.3 is 12.0 Å². The summed E-state index contributed by atoms with van der Waals surface area (Å²) in [6.07, 6.45) is 1.60. The summed E-state index contributed by atoms with van der Waals surface area (Å²) in [5, 5.41) is 0.408. The monoisotopic (exact) mass is 308 g/mol. The molecular weight excluding hydrogens is 292 g/mol. The summed E-state index contributed by atoms with van der Waals surface area (Å²) in [5.74, 6) is -0.220. The fourth-order valence-electron chi connectivity index (χ4n) is 1.97. The van der Waals surface area contributed by atoms with Gasteiger partial charge in [-0.15, -0.1) is 11.3 Å². The van der Waals surface area contributed by atoms with Crippen LogP contribution in [-0.4, -0.2) is 35.0 Å². The van der Waals surface area contributed by atoms with Gasteiger partial charge in [0.15, 0.2) is 5.13 Å². The van der Waals surface area contributed by atoms with Crippen molar-refractivity contribution < 1.29 is 14.3 Å². The standard InChI is InChI=1S/C13H16N4O3S/c1-3-20-9(18)6-4-5-8-11(16-12(14)21-8)10-7(2)15-13(19)17-10/h3-6H2,1-2H3,(H2,14,16). The maximum absolute atomic E-state index is 11.3. The number of nitrogens with two attached hydrogens (primary N) is 1. The molecule has 1 aliphatic heterocycles. The van der Waals surface area contributed by atoms with Gasteiger partial charge in [-0.2, -0.15) is 9.98 Å². The molecule has 7 nitrogen and oxygen atoms in total. The number of aryl methyl sites for hydroxylation is 1. The first-order chi connectivity index (χ1) is 10.0. The zero-order valence-corrected chi connectivity index (χ0v) is 12.7. The number of thiazole rings is 1. The summed E-state index contributed by atoms with van der Waals surface area (Å²) in [6.45, 7) is 3.87. The van der Waals surface area contributed by atoms with Crippen LogP contribution in [0, 0.1) is 0 Å². The minimum absolute atomic E-state index is 0.220. The van der Waals surface area contributed by atoms with Crippen LogP contribution in [0.15, 0.2) is 9.98 Å². The molecule has 21 heavy (non-hydrogen) atoms. The highest BCUT2D eigenvalue weighted by molar-refractivity contribution is 7.15. The van der Waals surface area contributed by atoms with E-state index in [1.165, 1.54) is 11.3 Å². The van der Waals surface area contributed by atoms with E-state index >= 15 is 0 Å². The van der Waals surface area contributed by atoms with Gasteiger partial charge in [0.05, 0.1) is 12.3 Å². The number of carbonyl (C=O) groups excluding carboxylic acids is 2. The van der Waals surface area contributed by atoms with Gasteiger partial charge < -0.3 is 10.5 Å². The van der Waals surface area contributed by atoms with Gasteiger partial charge in [-0.05, 0) is 26.7 Å². The lowest BCUT2D eigenvalue weighted by atomic mass is 10.1. The Labute approximate surface area is 126 Å². The van der Waals surface area contributed by atoms with Crippen molar-refractivity contribution in [3.05, 3.63) is 10.6 Å². The van der Waals surface area contributed by atoms with E-state index < -0.39 is 6.03 Å². The Bertz CT molecular complexity index is 633. The Morgan fingerprint density at radius 2 is 2.14 bits per heavy atom. The first-order valence-corrected chi connectivity index (χ1v) is 7.42. The number of hydrogen-bond acceptors (Lipinski definition) is 6. The molecule has 0 aromatic carbocycles. The molecule has 0 bridgehead atoms. The quantitative estimate of drug-likeness (QED) is 0.809. The summed E-state index contributed by atoms with van der Waals surface area (Å²) in [7, 11) is 0. The van der Waals surface area contributed by atoms with Crippen LogP contribution in [0.1, 0.15) is 37.3 Å². The molecule has 2 heterocycles. The van der Waals surface area contributed by atoms with Crippen molar-refractivity contribution in [3.63, 3.8) is 0 Å². The molecule has 1 aromatic rings. The largest absolute Gasteiger partial charge is 0.466 e. The molecule has 0 aliphatic carbocycles. The van der Waals surface area contributed by atoms with Crippen LogP contribution in [-0.2, 0) is 16.0 Å². The number of rotatable bonds is 6. The molecule has 2 rings (SSSR count). The summed E-state index contributed by atoms with van der Waals surface area (Å²) >= 11 is 1.34. The molecule has 2 amide bonds. The van der Waals surface area contributed by atoms with Crippen LogP contribution in [0.25, 0.3) is 0 Å². The number of nitrogen functional groups attached to an aromatic ring is 1. The number of aromatic nitrogens is 1. The Kier molecular flexibility index (Phi) is 4.79. The van der Waals surface area contributed by atoms with Gasteiger partial charge in [-0.25, -0.2) is 9.78 Å². The fourth-order valence-corrected chi connectivity index (χ4v) is 2.85. The maximum Gasteiger partial charge on any atom is 0.368 e. The molecule has 0 fully saturated rings. The third-order valence-electron chi connectivity index (χ3n) is 2.84. The Balaban J connectivity index is 2.08. The summed E-state index contributed by atoms with van der Waals surface area (Å²) in [4.78, 5) is 35.3. The number of amides is 2. The smallest absolute Gasteiger partial charge is 0.368 e. The molecule has 0 saturated carbocycles. The van der Waals surface area contributed by atoms with Crippen molar-refractivity contribution in [3.8, 4) is 0 Å². The first-order valence-electron chi connectivity index (χ1n) is 6.60. The van der Waals surface area contributed by atoms with E-state index in [0.717, 1.165) is 4.88 Å². The van der Waals surface area contributed by atoms with Gasteiger partial charge in [-0.1, -0.05) is 0 Å². The topological polar surface area (TPSA) is 107 Å². The van der Waals surface area contributed by atoms with Crippen molar-refractivity contribution in [2.45, 2.75) is 33.1 Å². The number of aliphatic imine (C=N–C) groups is 2. The maximum atomic E-state index is 11.3. The predicted molar refractivity (Wildman–Crippen MR) is 81.1 cm³/mol. The molecule has 8 heteroatoms. The van der Waals surface area contributed by atoms with Gasteiger partial charge in [0, 0.05) is 11.3 Å². The number of anilines is 1. The van der Waals surface area contributed by atoms with E-state index in [1.807, 2.05) is 0 Å². The lowest BCUT2D eigenvalue weighted by molar-refractivity contribution is -0.143. The van der Waals surface area contributed by atoms with Crippen LogP contribution < -0.4 is 5.73 Å². The van der Waals surface area contributed by atoms with Crippen molar-refractivity contribution in [1.29, 1.82) is 0 Å². The number of hydrogen-bond donors (Lipinski definition) is 1. The Morgan fingerprint density at radius 3 is 2.76 bits per heavy atom. The molecule has 1 aromatic heterocycles. The van der Waals surface area contributed by atoms with E-state index in [-0.39, 0.29) is 5.97 Å². The lowest BCUT2D eigenvalue weighted by Gasteiger charge is -2.03. The summed E-state index contributed by atoms with van der Waals surface area (Å²) < 4.78 is 4.88. The van der Waals surface area contributed by atoms with Crippen LogP contribution in [0.2, 0.25) is 0 Å². The normalized spacial score (nSPS) is 14.1. The van der Waals surface area contributed by atoms with E-state index in [1.54, 1.807) is 13.8 Å². The second kappa shape index (κ2) is 6.57. The third-order valence-corrected chi connectivity index (χ3v) is 3.79. The van der Waals surface area contributed by atoms with Crippen LogP contribution >= 0.6 is 11.3 Å². The van der Waals surface area contributed by atoms with Gasteiger partial charge in [0.1, 0.15) is 11.4 Å². The minimum Gasteiger partial charge on any atom is -0.466 e. The predicted octanol–water partition coefficient (Wildman–Crippen LogP) is 1.99.